The zero-order valence-corrected chi connectivity index (χ0v) is 47.6. The number of tetrazole rings is 1. The number of aryl methyl sites for hydroxylation is 1. The third-order valence-electron chi connectivity index (χ3n) is 14.6. The lowest BCUT2D eigenvalue weighted by Gasteiger charge is -2.49. The van der Waals surface area contributed by atoms with Gasteiger partial charge in [-0.15, -0.1) is 28.2 Å². The molecule has 2 unspecified atom stereocenters. The number of β-lactam (4-membered cyclic amide) rings is 1. The summed E-state index contributed by atoms with van der Waals surface area (Å²) in [5.74, 6) is -1.68. The summed E-state index contributed by atoms with van der Waals surface area (Å²) >= 11 is 3.96. The van der Waals surface area contributed by atoms with Gasteiger partial charge in [-0.25, -0.2) is 14.5 Å². The molecule has 10 aromatic rings. The Morgan fingerprint density at radius 2 is 1.13 bits per heavy atom. The van der Waals surface area contributed by atoms with E-state index in [2.05, 4.69) is 62.6 Å². The van der Waals surface area contributed by atoms with Gasteiger partial charge in [0.05, 0.1) is 0 Å². The fraction of sp³-hybridized carbons (Fsp3) is 0.104. The van der Waals surface area contributed by atoms with E-state index in [0.717, 1.165) is 44.5 Å². The van der Waals surface area contributed by atoms with Crippen LogP contribution in [-0.4, -0.2) is 70.8 Å². The van der Waals surface area contributed by atoms with Crippen molar-refractivity contribution in [3.63, 3.8) is 0 Å². The molecule has 2 aliphatic rings. The number of esters is 1. The number of nitrogens with one attached hydrogen (secondary N) is 2. The van der Waals surface area contributed by atoms with Crippen molar-refractivity contribution in [1.29, 1.82) is 0 Å². The van der Waals surface area contributed by atoms with Crippen molar-refractivity contribution in [2.75, 3.05) is 11.1 Å². The number of anilines is 1. The number of thioether (sulfide) groups is 2. The van der Waals surface area contributed by atoms with Gasteiger partial charge in [0, 0.05) is 34.9 Å². The molecule has 0 aliphatic carbocycles. The predicted molar refractivity (Wildman–Crippen MR) is 328 cm³/mol. The second kappa shape index (κ2) is 24.8. The summed E-state index contributed by atoms with van der Waals surface area (Å²) in [6, 6.07) is 77.4. The Hall–Kier alpha value is -9.68. The van der Waals surface area contributed by atoms with Crippen LogP contribution in [0.15, 0.2) is 281 Å². The van der Waals surface area contributed by atoms with Crippen LogP contribution in [0.1, 0.15) is 56.3 Å². The first kappa shape index (κ1) is 54.9. The molecule has 0 saturated carbocycles. The number of hydrogen-bond donors (Lipinski definition) is 2. The van der Waals surface area contributed by atoms with Crippen LogP contribution >= 0.6 is 34.9 Å². The minimum absolute atomic E-state index is 0.0589. The minimum Gasteiger partial charge on any atom is -0.448 e. The quantitative estimate of drug-likeness (QED) is 0.0185. The summed E-state index contributed by atoms with van der Waals surface area (Å²) in [5, 5.41) is 27.4. The van der Waals surface area contributed by atoms with Crippen LogP contribution in [0.4, 0.5) is 5.13 Å². The summed E-state index contributed by atoms with van der Waals surface area (Å²) in [6.45, 7) is 0. The molecule has 8 aromatic carbocycles. The van der Waals surface area contributed by atoms with Gasteiger partial charge < -0.3 is 20.2 Å². The van der Waals surface area contributed by atoms with Crippen LogP contribution < -0.4 is 10.6 Å². The fourth-order valence-electron chi connectivity index (χ4n) is 10.6. The molecule has 2 N–H and O–H groups in total. The molecule has 2 atom stereocenters. The molecule has 2 aliphatic heterocycles. The standard InChI is InChI=1S/C67H53N9O5S3/c1-75-65(71-73-74-75)82-43-42-48-44-83-62-57(61(78)76(62)58(48)63(79)80-59(46-26-10-2-11-27-46)47-28-12-3-13-29-47)69-60(77)56(72-81-67(52-36-20-7-21-37-52,53-38-22-8-23-39-53)54-40-24-9-25-41-54)55-45-84-64(68-55)70-66(49-30-14-4-15-31-49,50-32-16-5-17-33-50)51-34-18-6-19-35-51/h2-43,45,57,59,62H,44H2,1H3,(H,68,70)(H,69,77)/b43-42+,72-56+. The van der Waals surface area contributed by atoms with E-state index in [1.165, 1.54) is 44.4 Å². The highest BCUT2D eigenvalue weighted by atomic mass is 32.2. The van der Waals surface area contributed by atoms with Crippen LogP contribution in [0, 0.1) is 0 Å². The molecule has 0 spiro atoms. The molecule has 1 fully saturated rings. The van der Waals surface area contributed by atoms with Crippen molar-refractivity contribution in [2.45, 2.75) is 33.8 Å². The van der Waals surface area contributed by atoms with Gasteiger partial charge in [0.1, 0.15) is 28.3 Å². The second-order valence-electron chi connectivity index (χ2n) is 19.7. The highest BCUT2D eigenvalue weighted by molar-refractivity contribution is 8.02. The number of amides is 2. The Morgan fingerprint density at radius 1 is 0.667 bits per heavy atom. The van der Waals surface area contributed by atoms with E-state index in [4.69, 9.17) is 19.7 Å². The summed E-state index contributed by atoms with van der Waals surface area (Å²) in [4.78, 5) is 59.2. The Balaban J connectivity index is 0.935. The molecule has 17 heteroatoms. The van der Waals surface area contributed by atoms with Gasteiger partial charge in [0.25, 0.3) is 11.8 Å². The lowest BCUT2D eigenvalue weighted by atomic mass is 9.77. The molecule has 1 saturated heterocycles. The highest BCUT2D eigenvalue weighted by Gasteiger charge is 2.55. The molecule has 0 bridgehead atoms. The number of thiazole rings is 1. The molecule has 4 heterocycles. The Bertz CT molecular complexity index is 3760. The highest BCUT2D eigenvalue weighted by Crippen LogP contribution is 2.45. The summed E-state index contributed by atoms with van der Waals surface area (Å²) in [7, 11) is 1.73. The van der Waals surface area contributed by atoms with Gasteiger partial charge in [-0.05, 0) is 55.3 Å². The van der Waals surface area contributed by atoms with Gasteiger partial charge >= 0.3 is 5.97 Å². The number of ether oxygens (including phenoxy) is 1. The maximum absolute atomic E-state index is 15.6. The molecule has 14 nitrogen and oxygen atoms in total. The molecular formula is C67H53N9O5S3. The van der Waals surface area contributed by atoms with Crippen LogP contribution in [-0.2, 0) is 42.1 Å². The average Bonchev–Trinajstić information content (AvgIpc) is 1.46. The molecule has 414 valence electrons. The van der Waals surface area contributed by atoms with Gasteiger partial charge in [-0.2, -0.15) is 0 Å². The smallest absolute Gasteiger partial charge is 0.356 e. The number of aromatic nitrogens is 5. The molecule has 2 aromatic heterocycles. The normalized spacial score (nSPS) is 15.3. The van der Waals surface area contributed by atoms with Crippen molar-refractivity contribution >= 4 is 63.5 Å². The molecule has 0 radical (unpaired) electrons. The van der Waals surface area contributed by atoms with Crippen LogP contribution in [0.25, 0.3) is 0 Å². The lowest BCUT2D eigenvalue weighted by molar-refractivity contribution is -0.154. The van der Waals surface area contributed by atoms with Gasteiger partial charge in [0.2, 0.25) is 10.8 Å². The molecule has 2 amide bonds. The number of carbonyl (C=O) groups excluding carboxylic acids is 3. The number of allylic oxidation sites excluding steroid dienone is 1. The Labute approximate surface area is 498 Å². The van der Waals surface area contributed by atoms with Crippen LogP contribution in [0.5, 0.6) is 0 Å². The maximum atomic E-state index is 15.6. The molecule has 84 heavy (non-hydrogen) atoms. The van der Waals surface area contributed by atoms with E-state index in [1.807, 2.05) is 206 Å². The van der Waals surface area contributed by atoms with Gasteiger partial charge in [-0.1, -0.05) is 260 Å². The number of carbonyl (C=O) groups is 3. The van der Waals surface area contributed by atoms with Crippen LogP contribution in [0.2, 0.25) is 0 Å². The first-order valence-corrected chi connectivity index (χ1v) is 29.8. The van der Waals surface area contributed by atoms with E-state index < -0.39 is 46.4 Å². The van der Waals surface area contributed by atoms with Crippen molar-refractivity contribution in [2.24, 2.45) is 12.2 Å². The van der Waals surface area contributed by atoms with E-state index in [9.17, 15) is 4.79 Å². The number of oxime groups is 1. The molecular weight excluding hydrogens is 1110 g/mol. The van der Waals surface area contributed by atoms with E-state index in [-0.39, 0.29) is 22.9 Å². The number of rotatable bonds is 20. The minimum atomic E-state index is -1.39. The fourth-order valence-corrected chi connectivity index (χ4v) is 13.3. The maximum Gasteiger partial charge on any atom is 0.356 e. The Morgan fingerprint density at radius 3 is 1.60 bits per heavy atom. The van der Waals surface area contributed by atoms with E-state index in [0.29, 0.717) is 15.9 Å². The summed E-state index contributed by atoms with van der Waals surface area (Å²) in [5.41, 5.74) is 4.87. The van der Waals surface area contributed by atoms with E-state index in [1.54, 1.807) is 23.9 Å². The first-order valence-electron chi connectivity index (χ1n) is 27.0. The topological polar surface area (TPSA) is 166 Å². The zero-order chi connectivity index (χ0) is 57.3. The van der Waals surface area contributed by atoms with Crippen molar-refractivity contribution in [1.82, 2.24) is 35.4 Å². The zero-order valence-electron chi connectivity index (χ0n) is 45.2. The van der Waals surface area contributed by atoms with Gasteiger partial charge in [0.15, 0.2) is 16.9 Å². The third kappa shape index (κ3) is 10.9. The monoisotopic (exact) mass is 1160 g/mol. The first-order chi connectivity index (χ1) is 41.3. The van der Waals surface area contributed by atoms with E-state index >= 15 is 9.59 Å². The number of benzene rings is 8. The third-order valence-corrected chi connectivity index (χ3v) is 17.5. The summed E-state index contributed by atoms with van der Waals surface area (Å²) < 4.78 is 7.99. The largest absolute Gasteiger partial charge is 0.448 e. The van der Waals surface area contributed by atoms with Gasteiger partial charge in [-0.3, -0.25) is 14.5 Å². The Kier molecular flexibility index (Phi) is 16.2. The van der Waals surface area contributed by atoms with Crippen molar-refractivity contribution in [3.05, 3.63) is 321 Å². The molecule has 12 rings (SSSR count). The van der Waals surface area contributed by atoms with Crippen molar-refractivity contribution in [3.8, 4) is 0 Å². The van der Waals surface area contributed by atoms with Crippen molar-refractivity contribution < 1.29 is 24.0 Å². The van der Waals surface area contributed by atoms with Crippen LogP contribution in [0.3, 0.4) is 0 Å². The average molecular weight is 1160 g/mol. The summed E-state index contributed by atoms with van der Waals surface area (Å²) in [6.07, 6.45) is 0.968. The number of hydrogen-bond acceptors (Lipinski definition) is 14. The SMILES string of the molecule is Cn1nnnc1S/C=C/C1=C(C(=O)OC(c2ccccc2)c2ccccc2)N2C(=O)C(NC(=O)/C(=N/OC(c3ccccc3)(c3ccccc3)c3ccccc3)c3csc(NC(c4ccccc4)(c4ccccc4)c4ccccc4)n3)C2SC1. The lowest BCUT2D eigenvalue weighted by Crippen LogP contribution is -2.71. The number of nitrogens with zero attached hydrogens (tertiary/aromatic N) is 7. The number of fused-ring (bicyclic) bond motifs is 1. The predicted octanol–water partition coefficient (Wildman–Crippen LogP) is 12.1. The second-order valence-corrected chi connectivity index (χ2v) is 22.5.